The van der Waals surface area contributed by atoms with Gasteiger partial charge in [-0.05, 0) is 38.5 Å². The Morgan fingerprint density at radius 1 is 0.574 bits per heavy atom. The van der Waals surface area contributed by atoms with E-state index in [0.717, 1.165) is 32.1 Å². The molecule has 17 heteroatoms. The van der Waals surface area contributed by atoms with E-state index in [1.54, 1.807) is 30.4 Å². The van der Waals surface area contributed by atoms with Crippen LogP contribution in [0.3, 0.4) is 0 Å². The Labute approximate surface area is 364 Å². The standard InChI is InChI=1S/C44H76O15P2/c1-3-5-7-8-9-10-11-12-13-14-18-21-27-34-44(49)59-42(38-58-61(53,54)57-36-41(47)35-56-60(50,51)52)37-55-43(48)33-28-22-26-32-40(46)31-25-20-17-15-16-19-24-30-39(45)29-23-6-4-2/h6,16-17,19-20,23-26,30-32,39-42,45-47H,3-5,7-15,18,21-22,27-29,33-38H2,1-2H3,(H,53,54)(H2,50,51,52)/b19-16-,20-17-,23-6-,30-24+,31-25+,32-26-/t39-,40-,41+,42-/m1/s1. The highest BCUT2D eigenvalue weighted by atomic mass is 31.2. The molecule has 0 aromatic heterocycles. The van der Waals surface area contributed by atoms with Crippen molar-refractivity contribution in [3.05, 3.63) is 72.9 Å². The van der Waals surface area contributed by atoms with E-state index in [-0.39, 0.29) is 12.8 Å². The van der Waals surface area contributed by atoms with Gasteiger partial charge in [-0.15, -0.1) is 0 Å². The molecule has 0 spiro atoms. The highest BCUT2D eigenvalue weighted by Crippen LogP contribution is 2.43. The van der Waals surface area contributed by atoms with E-state index in [0.29, 0.717) is 32.1 Å². The largest absolute Gasteiger partial charge is 0.472 e. The van der Waals surface area contributed by atoms with E-state index < -0.39 is 78.4 Å². The number of carbonyl (C=O) groups excluding carboxylic acids is 2. The average molecular weight is 907 g/mol. The highest BCUT2D eigenvalue weighted by Gasteiger charge is 2.28. The summed E-state index contributed by atoms with van der Waals surface area (Å²) >= 11 is 0. The van der Waals surface area contributed by atoms with Gasteiger partial charge >= 0.3 is 27.6 Å². The molecule has 61 heavy (non-hydrogen) atoms. The van der Waals surface area contributed by atoms with Crippen molar-refractivity contribution in [1.29, 1.82) is 0 Å². The topological polar surface area (TPSA) is 236 Å². The Morgan fingerprint density at radius 2 is 1.13 bits per heavy atom. The smallest absolute Gasteiger partial charge is 0.462 e. The number of rotatable bonds is 40. The zero-order valence-electron chi connectivity index (χ0n) is 36.5. The lowest BCUT2D eigenvalue weighted by Gasteiger charge is -2.20. The minimum absolute atomic E-state index is 0.00718. The van der Waals surface area contributed by atoms with Crippen molar-refractivity contribution in [2.75, 3.05) is 26.4 Å². The second-order valence-corrected chi connectivity index (χ2v) is 17.3. The lowest BCUT2D eigenvalue weighted by Crippen LogP contribution is -2.30. The summed E-state index contributed by atoms with van der Waals surface area (Å²) in [4.78, 5) is 52.7. The number of phosphoric acid groups is 2. The van der Waals surface area contributed by atoms with Crippen molar-refractivity contribution in [3.8, 4) is 0 Å². The number of phosphoric ester groups is 2. The molecule has 0 amide bonds. The Morgan fingerprint density at radius 3 is 1.74 bits per heavy atom. The fourth-order valence-corrected chi connectivity index (χ4v) is 6.60. The molecule has 0 saturated carbocycles. The number of ether oxygens (including phenoxy) is 2. The monoisotopic (exact) mass is 906 g/mol. The average Bonchev–Trinajstić information content (AvgIpc) is 3.21. The third-order valence-corrected chi connectivity index (χ3v) is 10.2. The Hall–Kier alpha value is -2.52. The van der Waals surface area contributed by atoms with Gasteiger partial charge in [0.2, 0.25) is 0 Å². The normalized spacial score (nSPS) is 15.7. The molecule has 0 aliphatic rings. The van der Waals surface area contributed by atoms with Crippen LogP contribution in [0.2, 0.25) is 0 Å². The van der Waals surface area contributed by atoms with Gasteiger partial charge in [-0.1, -0.05) is 164 Å². The maximum atomic E-state index is 12.6. The molecule has 5 atom stereocenters. The summed E-state index contributed by atoms with van der Waals surface area (Å²) in [6, 6.07) is 0. The number of aliphatic hydroxyl groups excluding tert-OH is 3. The van der Waals surface area contributed by atoms with Crippen LogP contribution in [0.5, 0.6) is 0 Å². The van der Waals surface area contributed by atoms with Crippen LogP contribution in [0.25, 0.3) is 0 Å². The van der Waals surface area contributed by atoms with Gasteiger partial charge in [0.1, 0.15) is 12.7 Å². The van der Waals surface area contributed by atoms with E-state index in [4.69, 9.17) is 23.8 Å². The second kappa shape index (κ2) is 39.1. The summed E-state index contributed by atoms with van der Waals surface area (Å²) in [7, 11) is -9.74. The summed E-state index contributed by atoms with van der Waals surface area (Å²) in [6.07, 6.45) is 35.4. The maximum absolute atomic E-state index is 12.6. The van der Waals surface area contributed by atoms with Gasteiger partial charge in [-0.3, -0.25) is 23.2 Å². The van der Waals surface area contributed by atoms with E-state index >= 15 is 0 Å². The highest BCUT2D eigenvalue weighted by molar-refractivity contribution is 7.47. The molecule has 1 unspecified atom stereocenters. The number of unbranched alkanes of at least 4 members (excludes halogenated alkanes) is 13. The van der Waals surface area contributed by atoms with Crippen LogP contribution in [0.4, 0.5) is 0 Å². The molecule has 0 fully saturated rings. The van der Waals surface area contributed by atoms with Gasteiger partial charge in [0, 0.05) is 12.8 Å². The first-order chi connectivity index (χ1) is 29.2. The van der Waals surface area contributed by atoms with E-state index in [2.05, 4.69) is 16.0 Å². The van der Waals surface area contributed by atoms with Crippen LogP contribution in [-0.2, 0) is 41.8 Å². The lowest BCUT2D eigenvalue weighted by molar-refractivity contribution is -0.161. The minimum Gasteiger partial charge on any atom is -0.462 e. The second-order valence-electron chi connectivity index (χ2n) is 14.6. The molecule has 6 N–H and O–H groups in total. The summed E-state index contributed by atoms with van der Waals surface area (Å²) in [5, 5.41) is 29.7. The Balaban J connectivity index is 4.75. The molecule has 0 aromatic carbocycles. The van der Waals surface area contributed by atoms with Crippen LogP contribution < -0.4 is 0 Å². The maximum Gasteiger partial charge on any atom is 0.472 e. The molecule has 0 radical (unpaired) electrons. The molecule has 0 aliphatic heterocycles. The molecular weight excluding hydrogens is 830 g/mol. The molecule has 0 aromatic rings. The first-order valence-electron chi connectivity index (χ1n) is 21.9. The van der Waals surface area contributed by atoms with Crippen molar-refractivity contribution >= 4 is 27.6 Å². The number of allylic oxidation sites excluding steroid dienone is 8. The molecule has 352 valence electrons. The number of carbonyl (C=O) groups is 2. The van der Waals surface area contributed by atoms with Gasteiger partial charge < -0.3 is 39.5 Å². The lowest BCUT2D eigenvalue weighted by atomic mass is 10.0. The predicted octanol–water partition coefficient (Wildman–Crippen LogP) is 8.95. The van der Waals surface area contributed by atoms with Crippen molar-refractivity contribution in [2.24, 2.45) is 0 Å². The molecule has 0 rings (SSSR count). The first kappa shape index (κ1) is 58.5. The Bertz CT molecular complexity index is 1390. The summed E-state index contributed by atoms with van der Waals surface area (Å²) < 4.78 is 47.6. The van der Waals surface area contributed by atoms with Crippen molar-refractivity contribution < 1.29 is 71.8 Å². The van der Waals surface area contributed by atoms with Gasteiger partial charge in [0.25, 0.3) is 0 Å². The summed E-state index contributed by atoms with van der Waals surface area (Å²) in [5.41, 5.74) is 0. The van der Waals surface area contributed by atoms with Crippen LogP contribution in [-0.4, -0.2) is 92.8 Å². The number of hydrogen-bond donors (Lipinski definition) is 6. The fraction of sp³-hybridized carbons (Fsp3) is 0.682. The van der Waals surface area contributed by atoms with Gasteiger partial charge in [0.15, 0.2) is 6.10 Å². The number of hydrogen-bond acceptors (Lipinski definition) is 12. The SMILES string of the molecule is CC/C=C\C[C@@H](O)/C=C/C=C\C/C=C\C=C\[C@@H](O)/C=C\CCCC(=O)OC[C@H](COP(=O)(O)OC[C@@H](O)COP(=O)(O)O)OC(=O)CCCCCCCCCCCCCCC. The van der Waals surface area contributed by atoms with E-state index in [1.165, 1.54) is 51.4 Å². The summed E-state index contributed by atoms with van der Waals surface area (Å²) in [6.45, 7) is 1.34. The molecule has 0 saturated heterocycles. The predicted molar refractivity (Wildman–Crippen MR) is 237 cm³/mol. The molecule has 0 aliphatic carbocycles. The molecule has 0 heterocycles. The van der Waals surface area contributed by atoms with Gasteiger partial charge in [-0.25, -0.2) is 9.13 Å². The van der Waals surface area contributed by atoms with Crippen LogP contribution >= 0.6 is 15.6 Å². The fourth-order valence-electron chi connectivity index (χ4n) is 5.44. The van der Waals surface area contributed by atoms with Crippen LogP contribution in [0.15, 0.2) is 72.9 Å². The quantitative estimate of drug-likeness (QED) is 0.0111. The summed E-state index contributed by atoms with van der Waals surface area (Å²) in [5.74, 6) is -1.22. The van der Waals surface area contributed by atoms with E-state index in [1.807, 2.05) is 49.5 Å². The number of esters is 2. The van der Waals surface area contributed by atoms with Crippen molar-refractivity contribution in [1.82, 2.24) is 0 Å². The van der Waals surface area contributed by atoms with Gasteiger partial charge in [0.05, 0.1) is 32.0 Å². The number of aliphatic hydroxyl groups is 3. The zero-order valence-corrected chi connectivity index (χ0v) is 38.2. The van der Waals surface area contributed by atoms with Crippen LogP contribution in [0.1, 0.15) is 142 Å². The van der Waals surface area contributed by atoms with E-state index in [9.17, 15) is 38.9 Å². The third-order valence-electron chi connectivity index (χ3n) is 8.77. The van der Waals surface area contributed by atoms with Crippen molar-refractivity contribution in [2.45, 2.75) is 167 Å². The molecular formula is C44H76O15P2. The zero-order chi connectivity index (χ0) is 45.5. The molecule has 15 nitrogen and oxygen atoms in total. The first-order valence-corrected chi connectivity index (χ1v) is 24.9. The van der Waals surface area contributed by atoms with Crippen molar-refractivity contribution in [3.63, 3.8) is 0 Å². The Kier molecular flexibility index (Phi) is 37.5. The molecule has 0 bridgehead atoms. The van der Waals surface area contributed by atoms with Crippen LogP contribution in [0, 0.1) is 0 Å². The van der Waals surface area contributed by atoms with Gasteiger partial charge in [-0.2, -0.15) is 0 Å². The minimum atomic E-state index is -4.89. The third kappa shape index (κ3) is 42.6.